The molecule has 0 aliphatic heterocycles. The second-order valence-corrected chi connectivity index (χ2v) is 9.54. The topological polar surface area (TPSA) is 105 Å². The SMILES string of the molecule is COCCOCCOCCOC(=O)CCc1cc(-n2nc3cc(F)c(F)c(F)c3n2)c(O)c(C(C)(C)C)c1. The van der Waals surface area contributed by atoms with Crippen LogP contribution in [0.15, 0.2) is 18.2 Å². The molecule has 208 valence electrons. The van der Waals surface area contributed by atoms with E-state index in [1.807, 2.05) is 20.8 Å². The molecular weight excluding hydrogens is 507 g/mol. The highest BCUT2D eigenvalue weighted by molar-refractivity contribution is 5.75. The van der Waals surface area contributed by atoms with E-state index in [0.29, 0.717) is 37.6 Å². The maximum atomic E-state index is 14.2. The third kappa shape index (κ3) is 7.42. The molecule has 12 heteroatoms. The van der Waals surface area contributed by atoms with E-state index in [0.717, 1.165) is 10.9 Å². The molecule has 0 fully saturated rings. The van der Waals surface area contributed by atoms with Crippen LogP contribution in [0.25, 0.3) is 16.7 Å². The molecule has 0 radical (unpaired) electrons. The van der Waals surface area contributed by atoms with Crippen molar-refractivity contribution in [2.45, 2.75) is 39.0 Å². The van der Waals surface area contributed by atoms with Crippen LogP contribution in [0, 0.1) is 17.5 Å². The van der Waals surface area contributed by atoms with E-state index in [1.165, 1.54) is 6.07 Å². The van der Waals surface area contributed by atoms with Crippen molar-refractivity contribution in [1.29, 1.82) is 0 Å². The average Bonchev–Trinajstić information content (AvgIpc) is 3.28. The first-order valence-electron chi connectivity index (χ1n) is 12.1. The van der Waals surface area contributed by atoms with Crippen LogP contribution in [0.4, 0.5) is 13.2 Å². The van der Waals surface area contributed by atoms with Crippen LogP contribution in [0.1, 0.15) is 38.3 Å². The number of hydrogen-bond donors (Lipinski definition) is 1. The second kappa shape index (κ2) is 13.0. The molecule has 3 aromatic rings. The summed E-state index contributed by atoms with van der Waals surface area (Å²) in [6, 6.07) is 4.02. The summed E-state index contributed by atoms with van der Waals surface area (Å²) in [5, 5.41) is 18.9. The van der Waals surface area contributed by atoms with Gasteiger partial charge in [-0.3, -0.25) is 4.79 Å². The van der Waals surface area contributed by atoms with Gasteiger partial charge in [-0.05, 0) is 23.5 Å². The Balaban J connectivity index is 1.68. The van der Waals surface area contributed by atoms with Crippen LogP contribution < -0.4 is 0 Å². The molecule has 0 amide bonds. The fourth-order valence-corrected chi connectivity index (χ4v) is 3.61. The van der Waals surface area contributed by atoms with Gasteiger partial charge in [0.25, 0.3) is 0 Å². The van der Waals surface area contributed by atoms with Crippen LogP contribution in [0.2, 0.25) is 0 Å². The fourth-order valence-electron chi connectivity index (χ4n) is 3.61. The smallest absolute Gasteiger partial charge is 0.306 e. The zero-order chi connectivity index (χ0) is 27.9. The molecule has 0 atom stereocenters. The number of halogens is 3. The molecule has 0 spiro atoms. The molecule has 3 rings (SSSR count). The van der Waals surface area contributed by atoms with E-state index < -0.39 is 34.4 Å². The number of carbonyl (C=O) groups is 1. The number of hydrogen-bond acceptors (Lipinski definition) is 8. The van der Waals surface area contributed by atoms with Crippen molar-refractivity contribution in [3.63, 3.8) is 0 Å². The van der Waals surface area contributed by atoms with Crippen molar-refractivity contribution in [3.05, 3.63) is 46.8 Å². The van der Waals surface area contributed by atoms with Gasteiger partial charge in [0, 0.05) is 25.2 Å². The van der Waals surface area contributed by atoms with E-state index in [4.69, 9.17) is 18.9 Å². The zero-order valence-corrected chi connectivity index (χ0v) is 21.9. The summed E-state index contributed by atoms with van der Waals surface area (Å²) < 4.78 is 62.2. The average molecular weight is 540 g/mol. The molecule has 0 saturated heterocycles. The van der Waals surface area contributed by atoms with Crippen LogP contribution in [-0.4, -0.2) is 72.8 Å². The van der Waals surface area contributed by atoms with Gasteiger partial charge in [-0.2, -0.15) is 0 Å². The molecule has 1 aromatic heterocycles. The van der Waals surface area contributed by atoms with E-state index in [-0.39, 0.29) is 43.0 Å². The highest BCUT2D eigenvalue weighted by atomic mass is 19.2. The Bertz CT molecular complexity index is 1260. The van der Waals surface area contributed by atoms with Crippen LogP contribution in [0.3, 0.4) is 0 Å². The molecule has 2 aromatic carbocycles. The maximum Gasteiger partial charge on any atom is 0.306 e. The van der Waals surface area contributed by atoms with Crippen LogP contribution >= 0.6 is 0 Å². The van der Waals surface area contributed by atoms with Gasteiger partial charge >= 0.3 is 5.97 Å². The number of phenolic OH excluding ortho intramolecular Hbond substituents is 1. The number of esters is 1. The van der Waals surface area contributed by atoms with Crippen LogP contribution in [-0.2, 0) is 35.6 Å². The summed E-state index contributed by atoms with van der Waals surface area (Å²) >= 11 is 0. The minimum absolute atomic E-state index is 0.0491. The Labute approximate surface area is 218 Å². The Morgan fingerprint density at radius 2 is 1.61 bits per heavy atom. The number of ether oxygens (including phenoxy) is 4. The lowest BCUT2D eigenvalue weighted by Crippen LogP contribution is -2.15. The quantitative estimate of drug-likeness (QED) is 0.198. The molecule has 9 nitrogen and oxygen atoms in total. The number of nitrogens with zero attached hydrogens (tertiary/aromatic N) is 3. The van der Waals surface area contributed by atoms with E-state index in [1.54, 1.807) is 13.2 Å². The summed E-state index contributed by atoms with van der Waals surface area (Å²) in [5.74, 6) is -5.13. The van der Waals surface area contributed by atoms with Gasteiger partial charge in [0.1, 0.15) is 23.6 Å². The number of benzene rings is 2. The second-order valence-electron chi connectivity index (χ2n) is 9.54. The minimum Gasteiger partial charge on any atom is -0.505 e. The van der Waals surface area contributed by atoms with Gasteiger partial charge in [0.15, 0.2) is 23.0 Å². The lowest BCUT2D eigenvalue weighted by molar-refractivity contribution is -0.145. The third-order valence-electron chi connectivity index (χ3n) is 5.60. The van der Waals surface area contributed by atoms with E-state index in [9.17, 15) is 23.1 Å². The third-order valence-corrected chi connectivity index (χ3v) is 5.60. The van der Waals surface area contributed by atoms with Crippen LogP contribution in [0.5, 0.6) is 5.75 Å². The van der Waals surface area contributed by atoms with Gasteiger partial charge in [0.05, 0.1) is 33.0 Å². The predicted molar refractivity (Wildman–Crippen MR) is 132 cm³/mol. The van der Waals surface area contributed by atoms with Gasteiger partial charge < -0.3 is 24.1 Å². The van der Waals surface area contributed by atoms with Gasteiger partial charge in [0.2, 0.25) is 0 Å². The molecule has 0 aliphatic rings. The largest absolute Gasteiger partial charge is 0.505 e. The first-order valence-corrected chi connectivity index (χ1v) is 12.1. The van der Waals surface area contributed by atoms with E-state index >= 15 is 0 Å². The Kier molecular flexibility index (Phi) is 10.1. The van der Waals surface area contributed by atoms with Crippen molar-refractivity contribution in [1.82, 2.24) is 15.0 Å². The van der Waals surface area contributed by atoms with Crippen molar-refractivity contribution < 1.29 is 42.0 Å². The minimum atomic E-state index is -1.66. The number of aromatic hydroxyl groups is 1. The standard InChI is InChI=1S/C26H32F3N3O6/c1-26(2,3)17-13-16(5-6-21(33)38-12-11-37-10-9-36-8-7-35-4)14-20(25(17)34)32-30-19-15-18(27)22(28)23(29)24(19)31-32/h13-15,34H,5-12H2,1-4H3. The Hall–Kier alpha value is -3.22. The normalized spacial score (nSPS) is 11.9. The summed E-state index contributed by atoms with van der Waals surface area (Å²) in [7, 11) is 1.59. The number of carbonyl (C=O) groups excluding carboxylic acids is 1. The van der Waals surface area contributed by atoms with E-state index in [2.05, 4.69) is 10.2 Å². The summed E-state index contributed by atoms with van der Waals surface area (Å²) in [6.07, 6.45) is 0.315. The van der Waals surface area contributed by atoms with Crippen molar-refractivity contribution in [2.75, 3.05) is 46.8 Å². The lowest BCUT2D eigenvalue weighted by atomic mass is 9.84. The number of methoxy groups -OCH3 is 1. The van der Waals surface area contributed by atoms with Gasteiger partial charge in [-0.1, -0.05) is 26.8 Å². The summed E-state index contributed by atoms with van der Waals surface area (Å²) in [6.45, 7) is 7.72. The predicted octanol–water partition coefficient (Wildman–Crippen LogP) is 4.00. The molecule has 1 heterocycles. The number of aryl methyl sites for hydroxylation is 1. The first-order chi connectivity index (χ1) is 18.0. The summed E-state index contributed by atoms with van der Waals surface area (Å²) in [4.78, 5) is 13.2. The number of phenols is 1. The van der Waals surface area contributed by atoms with Crippen molar-refractivity contribution in [3.8, 4) is 11.4 Å². The molecule has 38 heavy (non-hydrogen) atoms. The van der Waals surface area contributed by atoms with Gasteiger partial charge in [-0.15, -0.1) is 15.0 Å². The van der Waals surface area contributed by atoms with Gasteiger partial charge in [-0.25, -0.2) is 13.2 Å². The molecule has 0 aliphatic carbocycles. The van der Waals surface area contributed by atoms with Crippen molar-refractivity contribution >= 4 is 17.0 Å². The van der Waals surface area contributed by atoms with Crippen molar-refractivity contribution in [2.24, 2.45) is 0 Å². The molecule has 1 N–H and O–H groups in total. The monoisotopic (exact) mass is 539 g/mol. The number of fused-ring (bicyclic) bond motifs is 1. The highest BCUT2D eigenvalue weighted by Gasteiger charge is 2.25. The maximum absolute atomic E-state index is 14.2. The number of aromatic nitrogens is 3. The lowest BCUT2D eigenvalue weighted by Gasteiger charge is -2.23. The Morgan fingerprint density at radius 1 is 0.947 bits per heavy atom. The molecule has 0 saturated carbocycles. The molecule has 0 bridgehead atoms. The highest BCUT2D eigenvalue weighted by Crippen LogP contribution is 2.36. The fraction of sp³-hybridized carbons (Fsp3) is 0.500. The first kappa shape index (κ1) is 29.3. The Morgan fingerprint density at radius 3 is 2.26 bits per heavy atom. The number of rotatable bonds is 13. The summed E-state index contributed by atoms with van der Waals surface area (Å²) in [5.41, 5.74) is 0.0604. The molecular formula is C26H32F3N3O6. The molecule has 0 unspecified atom stereocenters. The zero-order valence-electron chi connectivity index (χ0n) is 21.9.